The summed E-state index contributed by atoms with van der Waals surface area (Å²) in [5.74, 6) is 0.631. The Morgan fingerprint density at radius 2 is 2.10 bits per heavy atom. The van der Waals surface area contributed by atoms with Gasteiger partial charge in [-0.2, -0.15) is 0 Å². The van der Waals surface area contributed by atoms with Gasteiger partial charge in [-0.05, 0) is 36.6 Å². The molecule has 1 saturated carbocycles. The number of hydrogen-bond acceptors (Lipinski definition) is 3. The highest BCUT2D eigenvalue weighted by molar-refractivity contribution is 9.10. The Balaban J connectivity index is 1.78. The Labute approximate surface area is 126 Å². The summed E-state index contributed by atoms with van der Waals surface area (Å²) in [7, 11) is 1.60. The summed E-state index contributed by atoms with van der Waals surface area (Å²) in [6.45, 7) is 0.410. The van der Waals surface area contributed by atoms with Crippen LogP contribution in [0.1, 0.15) is 18.4 Å². The lowest BCUT2D eigenvalue weighted by Crippen LogP contribution is -2.37. The molecule has 0 radical (unpaired) electrons. The summed E-state index contributed by atoms with van der Waals surface area (Å²) in [6.07, 6.45) is 1.87. The van der Waals surface area contributed by atoms with Gasteiger partial charge >= 0.3 is 0 Å². The summed E-state index contributed by atoms with van der Waals surface area (Å²) >= 11 is 3.42. The quantitative estimate of drug-likeness (QED) is 0.826. The van der Waals surface area contributed by atoms with E-state index in [2.05, 4.69) is 26.6 Å². The molecule has 0 aromatic heterocycles. The minimum atomic E-state index is -0.200. The smallest absolute Gasteiger partial charge is 0.239 e. The first kappa shape index (κ1) is 14.8. The van der Waals surface area contributed by atoms with Crippen LogP contribution >= 0.6 is 15.9 Å². The van der Waals surface area contributed by atoms with E-state index in [-0.39, 0.29) is 24.3 Å². The van der Waals surface area contributed by atoms with Gasteiger partial charge in [-0.25, -0.2) is 0 Å². The van der Waals surface area contributed by atoms with Gasteiger partial charge in [-0.3, -0.25) is 9.59 Å². The van der Waals surface area contributed by atoms with Crippen LogP contribution in [0.25, 0.3) is 0 Å². The molecule has 2 N–H and O–H groups in total. The molecule has 0 unspecified atom stereocenters. The molecule has 2 rings (SSSR count). The third-order valence-corrected chi connectivity index (χ3v) is 3.87. The maximum Gasteiger partial charge on any atom is 0.239 e. The topological polar surface area (TPSA) is 67.4 Å². The number of carbonyl (C=O) groups is 2. The minimum absolute atomic E-state index is 0.0247. The molecule has 2 amide bonds. The van der Waals surface area contributed by atoms with E-state index in [1.54, 1.807) is 7.11 Å². The molecule has 1 aliphatic carbocycles. The first-order valence-corrected chi connectivity index (χ1v) is 7.26. The molecule has 0 atom stereocenters. The number of methoxy groups -OCH3 is 1. The van der Waals surface area contributed by atoms with Crippen molar-refractivity contribution < 1.29 is 14.3 Å². The van der Waals surface area contributed by atoms with Gasteiger partial charge in [0.05, 0.1) is 13.7 Å². The number of rotatable bonds is 6. The molecular formula is C14H17BrN2O3. The first-order chi connectivity index (χ1) is 9.60. The fourth-order valence-corrected chi connectivity index (χ4v) is 2.11. The lowest BCUT2D eigenvalue weighted by molar-refractivity contribution is -0.126. The van der Waals surface area contributed by atoms with Gasteiger partial charge in [-0.1, -0.05) is 15.9 Å². The highest BCUT2D eigenvalue weighted by atomic mass is 79.9. The van der Waals surface area contributed by atoms with Crippen LogP contribution < -0.4 is 15.4 Å². The van der Waals surface area contributed by atoms with E-state index >= 15 is 0 Å². The molecule has 0 heterocycles. The van der Waals surface area contributed by atoms with Crippen molar-refractivity contribution in [2.75, 3.05) is 13.7 Å². The van der Waals surface area contributed by atoms with Crippen LogP contribution in [-0.2, 0) is 16.1 Å². The maximum atomic E-state index is 11.7. The summed E-state index contributed by atoms with van der Waals surface area (Å²) in [5, 5.41) is 5.40. The molecule has 1 aliphatic rings. The summed E-state index contributed by atoms with van der Waals surface area (Å²) in [5.41, 5.74) is 0.922. The van der Waals surface area contributed by atoms with Crippen LogP contribution in [0.15, 0.2) is 22.7 Å². The average Bonchev–Trinajstić information content (AvgIpc) is 3.28. The molecule has 20 heavy (non-hydrogen) atoms. The Morgan fingerprint density at radius 3 is 2.75 bits per heavy atom. The molecule has 108 valence electrons. The third kappa shape index (κ3) is 4.23. The molecule has 0 bridgehead atoms. The van der Waals surface area contributed by atoms with Crippen molar-refractivity contribution in [3.63, 3.8) is 0 Å². The van der Waals surface area contributed by atoms with Crippen molar-refractivity contribution in [2.24, 2.45) is 5.92 Å². The Bertz CT molecular complexity index is 515. The monoisotopic (exact) mass is 340 g/mol. The second kappa shape index (κ2) is 6.74. The summed E-state index contributed by atoms with van der Waals surface area (Å²) in [6, 6.07) is 5.56. The Morgan fingerprint density at radius 1 is 1.35 bits per heavy atom. The van der Waals surface area contributed by atoms with Crippen molar-refractivity contribution in [2.45, 2.75) is 19.4 Å². The highest BCUT2D eigenvalue weighted by Crippen LogP contribution is 2.28. The molecule has 6 heteroatoms. The SMILES string of the molecule is COc1ccc(Br)c(CNC(=O)CNC(=O)C2CC2)c1. The van der Waals surface area contributed by atoms with Crippen molar-refractivity contribution >= 4 is 27.7 Å². The van der Waals surface area contributed by atoms with E-state index in [4.69, 9.17) is 4.74 Å². The zero-order valence-electron chi connectivity index (χ0n) is 11.2. The van der Waals surface area contributed by atoms with E-state index in [0.29, 0.717) is 6.54 Å². The first-order valence-electron chi connectivity index (χ1n) is 6.47. The predicted octanol–water partition coefficient (Wildman–Crippen LogP) is 1.60. The van der Waals surface area contributed by atoms with Crippen LogP contribution in [0, 0.1) is 5.92 Å². The molecule has 1 fully saturated rings. The molecular weight excluding hydrogens is 324 g/mol. The molecule has 0 aliphatic heterocycles. The van der Waals surface area contributed by atoms with Gasteiger partial charge in [0.2, 0.25) is 11.8 Å². The van der Waals surface area contributed by atoms with Crippen molar-refractivity contribution in [3.8, 4) is 5.75 Å². The third-order valence-electron chi connectivity index (χ3n) is 3.10. The number of nitrogens with one attached hydrogen (secondary N) is 2. The Hall–Kier alpha value is -1.56. The number of carbonyl (C=O) groups excluding carboxylic acids is 2. The average molecular weight is 341 g/mol. The fourth-order valence-electron chi connectivity index (χ4n) is 1.73. The standard InChI is InChI=1S/C14H17BrN2O3/c1-20-11-4-5-12(15)10(6-11)7-16-13(18)8-17-14(19)9-2-3-9/h4-6,9H,2-3,7-8H2,1H3,(H,16,18)(H,17,19). The fraction of sp³-hybridized carbons (Fsp3) is 0.429. The molecule has 1 aromatic rings. The van der Waals surface area contributed by atoms with Crippen LogP contribution in [0.4, 0.5) is 0 Å². The van der Waals surface area contributed by atoms with Crippen LogP contribution in [0.3, 0.4) is 0 Å². The number of hydrogen-bond donors (Lipinski definition) is 2. The number of benzene rings is 1. The van der Waals surface area contributed by atoms with Gasteiger partial charge in [0.25, 0.3) is 0 Å². The normalized spacial score (nSPS) is 13.7. The second-order valence-electron chi connectivity index (χ2n) is 4.73. The van der Waals surface area contributed by atoms with Gasteiger partial charge in [0, 0.05) is 16.9 Å². The van der Waals surface area contributed by atoms with Gasteiger partial charge < -0.3 is 15.4 Å². The molecule has 0 spiro atoms. The lowest BCUT2D eigenvalue weighted by Gasteiger charge is -2.09. The van der Waals surface area contributed by atoms with E-state index in [9.17, 15) is 9.59 Å². The van der Waals surface area contributed by atoms with E-state index in [0.717, 1.165) is 28.6 Å². The van der Waals surface area contributed by atoms with Crippen molar-refractivity contribution in [1.82, 2.24) is 10.6 Å². The van der Waals surface area contributed by atoms with Crippen molar-refractivity contribution in [3.05, 3.63) is 28.2 Å². The summed E-state index contributed by atoms with van der Waals surface area (Å²) < 4.78 is 6.04. The van der Waals surface area contributed by atoms with Crippen LogP contribution in [-0.4, -0.2) is 25.5 Å². The number of halogens is 1. The van der Waals surface area contributed by atoms with E-state index in [1.165, 1.54) is 0 Å². The van der Waals surface area contributed by atoms with Crippen molar-refractivity contribution in [1.29, 1.82) is 0 Å². The van der Waals surface area contributed by atoms with Crippen LogP contribution in [0.2, 0.25) is 0 Å². The maximum absolute atomic E-state index is 11.7. The minimum Gasteiger partial charge on any atom is -0.497 e. The second-order valence-corrected chi connectivity index (χ2v) is 5.58. The summed E-state index contributed by atoms with van der Waals surface area (Å²) in [4.78, 5) is 23.1. The zero-order chi connectivity index (χ0) is 14.5. The Kier molecular flexibility index (Phi) is 5.00. The van der Waals surface area contributed by atoms with Crippen LogP contribution in [0.5, 0.6) is 5.75 Å². The van der Waals surface area contributed by atoms with Gasteiger partial charge in [0.1, 0.15) is 5.75 Å². The molecule has 1 aromatic carbocycles. The lowest BCUT2D eigenvalue weighted by atomic mass is 10.2. The number of ether oxygens (including phenoxy) is 1. The van der Waals surface area contributed by atoms with E-state index in [1.807, 2.05) is 18.2 Å². The van der Waals surface area contributed by atoms with Gasteiger partial charge in [-0.15, -0.1) is 0 Å². The molecule has 0 saturated heterocycles. The predicted molar refractivity (Wildman–Crippen MR) is 78.3 cm³/mol. The number of amides is 2. The van der Waals surface area contributed by atoms with Gasteiger partial charge in [0.15, 0.2) is 0 Å². The van der Waals surface area contributed by atoms with E-state index < -0.39 is 0 Å². The highest BCUT2D eigenvalue weighted by Gasteiger charge is 2.29. The molecule has 5 nitrogen and oxygen atoms in total. The zero-order valence-corrected chi connectivity index (χ0v) is 12.8. The largest absolute Gasteiger partial charge is 0.497 e.